The number of aliphatic hydroxyl groups is 1. The second-order valence-electron chi connectivity index (χ2n) is 3.95. The topological polar surface area (TPSA) is 37.3 Å². The highest BCUT2D eigenvalue weighted by Gasteiger charge is 2.21. The number of aliphatic hydroxyl groups excluding tert-OH is 1. The van der Waals surface area contributed by atoms with Crippen molar-refractivity contribution in [3.63, 3.8) is 0 Å². The molecule has 0 heterocycles. The summed E-state index contributed by atoms with van der Waals surface area (Å²) in [6, 6.07) is 0. The number of carbonyl (C=O) groups excluding carboxylic acids is 1. The fourth-order valence-corrected chi connectivity index (χ4v) is 1.68. The average molecular weight is 182 g/mol. The van der Waals surface area contributed by atoms with E-state index in [0.717, 1.165) is 6.42 Å². The van der Waals surface area contributed by atoms with Crippen LogP contribution in [0.3, 0.4) is 0 Å². The molecule has 13 heavy (non-hydrogen) atoms. The molecule has 1 aliphatic rings. The minimum atomic E-state index is -0.554. The Morgan fingerprint density at radius 2 is 2.23 bits per heavy atom. The number of ketones is 1. The molecule has 0 spiro atoms. The summed E-state index contributed by atoms with van der Waals surface area (Å²) in [5, 5.41) is 9.32. The summed E-state index contributed by atoms with van der Waals surface area (Å²) in [5.41, 5.74) is 0. The lowest BCUT2D eigenvalue weighted by molar-refractivity contribution is -0.121. The van der Waals surface area contributed by atoms with Gasteiger partial charge in [0.25, 0.3) is 0 Å². The van der Waals surface area contributed by atoms with Crippen molar-refractivity contribution < 1.29 is 9.90 Å². The van der Waals surface area contributed by atoms with Crippen LogP contribution in [0.25, 0.3) is 0 Å². The predicted molar refractivity (Wildman–Crippen MR) is 52.3 cm³/mol. The smallest absolute Gasteiger partial charge is 0.136 e. The van der Waals surface area contributed by atoms with Gasteiger partial charge < -0.3 is 5.11 Å². The van der Waals surface area contributed by atoms with Gasteiger partial charge in [-0.25, -0.2) is 0 Å². The van der Waals surface area contributed by atoms with Crippen LogP contribution in [0.5, 0.6) is 0 Å². The summed E-state index contributed by atoms with van der Waals surface area (Å²) in [4.78, 5) is 11.3. The van der Waals surface area contributed by atoms with E-state index in [1.807, 2.05) is 6.08 Å². The minimum Gasteiger partial charge on any atom is -0.389 e. The SMILES string of the molecule is CCC(C)C1C=CC(O)CC(=O)C1. The van der Waals surface area contributed by atoms with E-state index in [-0.39, 0.29) is 5.78 Å². The van der Waals surface area contributed by atoms with Gasteiger partial charge in [-0.1, -0.05) is 32.4 Å². The van der Waals surface area contributed by atoms with Crippen molar-refractivity contribution >= 4 is 5.78 Å². The number of hydrogen-bond donors (Lipinski definition) is 1. The molecule has 0 aromatic carbocycles. The largest absolute Gasteiger partial charge is 0.389 e. The average Bonchev–Trinajstić information content (AvgIpc) is 2.25. The van der Waals surface area contributed by atoms with Crippen molar-refractivity contribution in [2.24, 2.45) is 11.8 Å². The van der Waals surface area contributed by atoms with Gasteiger partial charge in [-0.3, -0.25) is 4.79 Å². The molecular weight excluding hydrogens is 164 g/mol. The van der Waals surface area contributed by atoms with Crippen LogP contribution in [0.4, 0.5) is 0 Å². The first-order chi connectivity index (χ1) is 6.13. The van der Waals surface area contributed by atoms with Crippen molar-refractivity contribution in [2.45, 2.75) is 39.2 Å². The molecule has 0 saturated heterocycles. The maximum Gasteiger partial charge on any atom is 0.136 e. The van der Waals surface area contributed by atoms with Crippen molar-refractivity contribution in [3.8, 4) is 0 Å². The van der Waals surface area contributed by atoms with Gasteiger partial charge in [-0.05, 0) is 11.8 Å². The number of Topliss-reactive ketones (excluding diaryl/α,β-unsaturated/α-hetero) is 1. The van der Waals surface area contributed by atoms with Crippen LogP contribution in [0, 0.1) is 11.8 Å². The molecule has 0 saturated carbocycles. The maximum absolute atomic E-state index is 11.3. The van der Waals surface area contributed by atoms with Gasteiger partial charge in [0.15, 0.2) is 0 Å². The first-order valence-electron chi connectivity index (χ1n) is 5.01. The van der Waals surface area contributed by atoms with Crippen LogP contribution >= 0.6 is 0 Å². The van der Waals surface area contributed by atoms with Crippen molar-refractivity contribution in [3.05, 3.63) is 12.2 Å². The van der Waals surface area contributed by atoms with E-state index in [9.17, 15) is 9.90 Å². The highest BCUT2D eigenvalue weighted by molar-refractivity contribution is 5.80. The molecule has 3 atom stereocenters. The Balaban J connectivity index is 2.64. The standard InChI is InChI=1S/C11H18O2/c1-3-8(2)9-4-5-10(12)7-11(13)6-9/h4-5,8-10,12H,3,6-7H2,1-2H3. The van der Waals surface area contributed by atoms with E-state index in [4.69, 9.17) is 0 Å². The van der Waals surface area contributed by atoms with Crippen LogP contribution in [0.1, 0.15) is 33.1 Å². The third-order valence-corrected chi connectivity index (χ3v) is 2.86. The molecule has 0 radical (unpaired) electrons. The Morgan fingerprint density at radius 3 is 2.85 bits per heavy atom. The van der Waals surface area contributed by atoms with E-state index in [1.54, 1.807) is 6.08 Å². The summed E-state index contributed by atoms with van der Waals surface area (Å²) in [6.45, 7) is 4.28. The monoisotopic (exact) mass is 182 g/mol. The highest BCUT2D eigenvalue weighted by atomic mass is 16.3. The summed E-state index contributed by atoms with van der Waals surface area (Å²) in [5.74, 6) is 1.04. The summed E-state index contributed by atoms with van der Waals surface area (Å²) in [6.07, 6.45) is 5.19. The molecule has 1 aliphatic carbocycles. The Morgan fingerprint density at radius 1 is 1.54 bits per heavy atom. The van der Waals surface area contributed by atoms with Gasteiger partial charge in [0.2, 0.25) is 0 Å². The number of allylic oxidation sites excluding steroid dienone is 1. The van der Waals surface area contributed by atoms with Gasteiger partial charge in [0.05, 0.1) is 6.10 Å². The third kappa shape index (κ3) is 2.96. The lowest BCUT2D eigenvalue weighted by Crippen LogP contribution is -2.13. The van der Waals surface area contributed by atoms with Gasteiger partial charge in [0.1, 0.15) is 5.78 Å². The molecule has 2 heteroatoms. The highest BCUT2D eigenvalue weighted by Crippen LogP contribution is 2.24. The van der Waals surface area contributed by atoms with Crippen LogP contribution in [0.15, 0.2) is 12.2 Å². The molecule has 0 bridgehead atoms. The molecule has 74 valence electrons. The van der Waals surface area contributed by atoms with Gasteiger partial charge in [-0.15, -0.1) is 0 Å². The second kappa shape index (κ2) is 4.56. The third-order valence-electron chi connectivity index (χ3n) is 2.86. The van der Waals surface area contributed by atoms with E-state index >= 15 is 0 Å². The Bertz CT molecular complexity index is 208. The second-order valence-corrected chi connectivity index (χ2v) is 3.95. The summed E-state index contributed by atoms with van der Waals surface area (Å²) < 4.78 is 0. The molecule has 0 amide bonds. The van der Waals surface area contributed by atoms with Crippen molar-refractivity contribution in [2.75, 3.05) is 0 Å². The molecule has 3 unspecified atom stereocenters. The van der Waals surface area contributed by atoms with Crippen molar-refractivity contribution in [1.29, 1.82) is 0 Å². The van der Waals surface area contributed by atoms with Crippen LogP contribution in [0.2, 0.25) is 0 Å². The molecule has 2 nitrogen and oxygen atoms in total. The molecule has 1 rings (SSSR count). The molecule has 0 aromatic rings. The van der Waals surface area contributed by atoms with Crippen molar-refractivity contribution in [1.82, 2.24) is 0 Å². The van der Waals surface area contributed by atoms with Gasteiger partial charge in [-0.2, -0.15) is 0 Å². The normalized spacial score (nSPS) is 31.5. The summed E-state index contributed by atoms with van der Waals surface area (Å²) >= 11 is 0. The summed E-state index contributed by atoms with van der Waals surface area (Å²) in [7, 11) is 0. The molecule has 1 N–H and O–H groups in total. The Kier molecular flexibility index (Phi) is 3.67. The first-order valence-corrected chi connectivity index (χ1v) is 5.01. The number of hydrogen-bond acceptors (Lipinski definition) is 2. The zero-order valence-corrected chi connectivity index (χ0v) is 8.36. The molecule has 0 aliphatic heterocycles. The zero-order chi connectivity index (χ0) is 9.84. The molecular formula is C11H18O2. The van der Waals surface area contributed by atoms with Crippen LogP contribution in [-0.4, -0.2) is 17.0 Å². The lowest BCUT2D eigenvalue weighted by atomic mass is 9.88. The quantitative estimate of drug-likeness (QED) is 0.662. The van der Waals surface area contributed by atoms with Gasteiger partial charge >= 0.3 is 0 Å². The number of carbonyl (C=O) groups is 1. The molecule has 0 aromatic heterocycles. The fourth-order valence-electron chi connectivity index (χ4n) is 1.68. The van der Waals surface area contributed by atoms with Crippen LogP contribution in [-0.2, 0) is 4.79 Å². The van der Waals surface area contributed by atoms with E-state index in [2.05, 4.69) is 13.8 Å². The Labute approximate surface area is 79.6 Å². The van der Waals surface area contributed by atoms with E-state index in [1.165, 1.54) is 0 Å². The minimum absolute atomic E-state index is 0.183. The van der Waals surface area contributed by atoms with E-state index < -0.39 is 6.10 Å². The Hall–Kier alpha value is -0.630. The van der Waals surface area contributed by atoms with E-state index in [0.29, 0.717) is 24.7 Å². The molecule has 0 fully saturated rings. The number of rotatable bonds is 2. The zero-order valence-electron chi connectivity index (χ0n) is 8.36. The van der Waals surface area contributed by atoms with Crippen LogP contribution < -0.4 is 0 Å². The maximum atomic E-state index is 11.3. The first kappa shape index (κ1) is 10.5. The van der Waals surface area contributed by atoms with Gasteiger partial charge in [0, 0.05) is 12.8 Å². The predicted octanol–water partition coefficient (Wildman–Crippen LogP) is 1.93. The lowest BCUT2D eigenvalue weighted by Gasteiger charge is -2.16. The fraction of sp³-hybridized carbons (Fsp3) is 0.727.